The van der Waals surface area contributed by atoms with Gasteiger partial charge in [-0.3, -0.25) is 0 Å². The number of nitrogens with one attached hydrogen (secondary N) is 1. The molecule has 0 unspecified atom stereocenters. The lowest BCUT2D eigenvalue weighted by atomic mass is 10.1. The van der Waals surface area contributed by atoms with Gasteiger partial charge in [0.15, 0.2) is 0 Å². The number of hydrogen-bond acceptors (Lipinski definition) is 4. The zero-order valence-corrected chi connectivity index (χ0v) is 14.1. The van der Waals surface area contributed by atoms with Crippen LogP contribution < -0.4 is 5.32 Å². The number of hydrogen-bond donors (Lipinski definition) is 4. The van der Waals surface area contributed by atoms with E-state index in [2.05, 4.69) is 5.32 Å². The molecule has 0 saturated heterocycles. The number of carboxylic acids is 1. The predicted octanol–water partition coefficient (Wildman–Crippen LogP) is 3.89. The first-order valence-corrected chi connectivity index (χ1v) is 8.11. The van der Waals surface area contributed by atoms with Gasteiger partial charge in [-0.25, -0.2) is 4.79 Å². The van der Waals surface area contributed by atoms with E-state index in [4.69, 9.17) is 10.2 Å². The fraction of sp³-hybridized carbons (Fsp3) is 0.0952. The van der Waals surface area contributed by atoms with Crippen LogP contribution in [0.15, 0.2) is 84.9 Å². The van der Waals surface area contributed by atoms with E-state index in [1.807, 2.05) is 60.7 Å². The van der Waals surface area contributed by atoms with Crippen molar-refractivity contribution in [1.82, 2.24) is 0 Å². The molecule has 0 aliphatic heterocycles. The summed E-state index contributed by atoms with van der Waals surface area (Å²) in [5.74, 6) is -0.506. The van der Waals surface area contributed by atoms with Gasteiger partial charge in [-0.1, -0.05) is 48.5 Å². The summed E-state index contributed by atoms with van der Waals surface area (Å²) in [6.07, 6.45) is 0.463. The number of phenols is 2. The van der Waals surface area contributed by atoms with E-state index in [1.165, 1.54) is 24.3 Å². The molecule has 0 fully saturated rings. The number of phenolic OH excluding ortho intramolecular Hbond substituents is 2. The Morgan fingerprint density at radius 2 is 1.23 bits per heavy atom. The van der Waals surface area contributed by atoms with Crippen LogP contribution in [0.3, 0.4) is 0 Å². The molecule has 3 aromatic carbocycles. The highest BCUT2D eigenvalue weighted by Crippen LogP contribution is 2.13. The van der Waals surface area contributed by atoms with Crippen molar-refractivity contribution in [1.29, 1.82) is 0 Å². The van der Waals surface area contributed by atoms with Gasteiger partial charge in [0.1, 0.15) is 17.5 Å². The summed E-state index contributed by atoms with van der Waals surface area (Å²) in [5, 5.41) is 29.6. The topological polar surface area (TPSA) is 89.8 Å². The Morgan fingerprint density at radius 1 is 0.769 bits per heavy atom. The Bertz CT molecular complexity index is 727. The number of aromatic hydroxyl groups is 2. The summed E-state index contributed by atoms with van der Waals surface area (Å²) >= 11 is 0. The molecule has 0 amide bonds. The first-order valence-electron chi connectivity index (χ1n) is 8.11. The second-order valence-electron chi connectivity index (χ2n) is 5.61. The fourth-order valence-corrected chi connectivity index (χ4v) is 2.24. The van der Waals surface area contributed by atoms with Gasteiger partial charge in [0.05, 0.1) is 0 Å². The van der Waals surface area contributed by atoms with Crippen LogP contribution in [0.25, 0.3) is 0 Å². The lowest BCUT2D eigenvalue weighted by Crippen LogP contribution is -2.31. The lowest BCUT2D eigenvalue weighted by Gasteiger charge is -2.15. The molecule has 3 rings (SSSR count). The fourth-order valence-electron chi connectivity index (χ4n) is 2.24. The summed E-state index contributed by atoms with van der Waals surface area (Å²) in [4.78, 5) is 11.2. The van der Waals surface area contributed by atoms with Crippen LogP contribution in [0, 0.1) is 0 Å². The quantitative estimate of drug-likeness (QED) is 0.524. The zero-order valence-electron chi connectivity index (χ0n) is 14.1. The summed E-state index contributed by atoms with van der Waals surface area (Å²) in [6, 6.07) is 24.1. The molecular weight excluding hydrogens is 330 g/mol. The number of aliphatic carboxylic acids is 1. The average Bonchev–Trinajstić information content (AvgIpc) is 2.66. The van der Waals surface area contributed by atoms with Crippen LogP contribution in [0.2, 0.25) is 0 Å². The van der Waals surface area contributed by atoms with E-state index in [-0.39, 0.29) is 11.5 Å². The Labute approximate surface area is 152 Å². The highest BCUT2D eigenvalue weighted by molar-refractivity contribution is 5.77. The summed E-state index contributed by atoms with van der Waals surface area (Å²) in [5.41, 5.74) is 1.83. The van der Waals surface area contributed by atoms with E-state index >= 15 is 0 Å². The maximum absolute atomic E-state index is 11.2. The molecule has 0 spiro atoms. The monoisotopic (exact) mass is 351 g/mol. The van der Waals surface area contributed by atoms with Gasteiger partial charge in [-0.2, -0.15) is 0 Å². The third-order valence-corrected chi connectivity index (χ3v) is 3.55. The molecule has 0 bridgehead atoms. The van der Waals surface area contributed by atoms with Gasteiger partial charge in [-0.15, -0.1) is 0 Å². The first kappa shape index (κ1) is 18.9. The Morgan fingerprint density at radius 3 is 1.69 bits per heavy atom. The third kappa shape index (κ3) is 6.57. The Hall–Kier alpha value is -3.47. The summed E-state index contributed by atoms with van der Waals surface area (Å²) in [6.45, 7) is 0. The van der Waals surface area contributed by atoms with E-state index in [9.17, 15) is 9.90 Å². The molecular formula is C21H21NO4. The van der Waals surface area contributed by atoms with Gasteiger partial charge in [-0.05, 0) is 42.0 Å². The smallest absolute Gasteiger partial charge is 0.326 e. The molecule has 0 heterocycles. The maximum atomic E-state index is 11.2. The van der Waals surface area contributed by atoms with Crippen LogP contribution >= 0.6 is 0 Å². The van der Waals surface area contributed by atoms with Gasteiger partial charge < -0.3 is 20.6 Å². The molecule has 4 N–H and O–H groups in total. The van der Waals surface area contributed by atoms with Crippen LogP contribution in [-0.2, 0) is 11.2 Å². The molecule has 0 aromatic heterocycles. The Balaban J connectivity index is 0.000000254. The Kier molecular flexibility index (Phi) is 7.06. The van der Waals surface area contributed by atoms with Crippen molar-refractivity contribution >= 4 is 11.7 Å². The molecule has 134 valence electrons. The molecule has 1 atom stereocenters. The van der Waals surface area contributed by atoms with Crippen molar-refractivity contribution in [2.45, 2.75) is 12.5 Å². The number of para-hydroxylation sites is 1. The maximum Gasteiger partial charge on any atom is 0.326 e. The van der Waals surface area contributed by atoms with Gasteiger partial charge in [0, 0.05) is 12.1 Å². The standard InChI is InChI=1S/C15H15NO2.C6H6O2/c17-15(18)14(11-12-7-3-1-4-8-12)16-13-9-5-2-6-10-13;7-5-1-2-6(8)4-3-5/h1-10,14,16H,11H2,(H,17,18);1-4,7-8H/t14-;/m0./s1. The molecule has 0 aliphatic carbocycles. The molecule has 5 heteroatoms. The van der Waals surface area contributed by atoms with E-state index in [1.54, 1.807) is 0 Å². The highest BCUT2D eigenvalue weighted by atomic mass is 16.4. The molecule has 0 saturated carbocycles. The van der Waals surface area contributed by atoms with Crippen LogP contribution in [-0.4, -0.2) is 27.3 Å². The van der Waals surface area contributed by atoms with Crippen LogP contribution in [0.5, 0.6) is 11.5 Å². The minimum absolute atomic E-state index is 0.169. The second-order valence-corrected chi connectivity index (χ2v) is 5.61. The largest absolute Gasteiger partial charge is 0.508 e. The van der Waals surface area contributed by atoms with Crippen molar-refractivity contribution in [3.8, 4) is 11.5 Å². The number of benzene rings is 3. The molecule has 0 radical (unpaired) electrons. The van der Waals surface area contributed by atoms with Crippen LogP contribution in [0.1, 0.15) is 5.56 Å². The zero-order chi connectivity index (χ0) is 18.8. The molecule has 3 aromatic rings. The molecule has 0 aliphatic rings. The number of anilines is 1. The molecule has 26 heavy (non-hydrogen) atoms. The first-order chi connectivity index (χ1) is 12.5. The molecule has 5 nitrogen and oxygen atoms in total. The summed E-state index contributed by atoms with van der Waals surface area (Å²) < 4.78 is 0. The van der Waals surface area contributed by atoms with Crippen molar-refractivity contribution in [3.63, 3.8) is 0 Å². The van der Waals surface area contributed by atoms with Crippen molar-refractivity contribution in [3.05, 3.63) is 90.5 Å². The van der Waals surface area contributed by atoms with E-state index in [0.29, 0.717) is 6.42 Å². The summed E-state index contributed by atoms with van der Waals surface area (Å²) in [7, 11) is 0. The average molecular weight is 351 g/mol. The minimum atomic E-state index is -0.845. The van der Waals surface area contributed by atoms with Gasteiger partial charge >= 0.3 is 5.97 Å². The van der Waals surface area contributed by atoms with E-state index in [0.717, 1.165) is 11.3 Å². The number of carboxylic acid groups (broad SMARTS) is 1. The normalized spacial score (nSPS) is 10.9. The number of carbonyl (C=O) groups is 1. The van der Waals surface area contributed by atoms with Crippen LogP contribution in [0.4, 0.5) is 5.69 Å². The second kappa shape index (κ2) is 9.74. The van der Waals surface area contributed by atoms with E-state index < -0.39 is 12.0 Å². The van der Waals surface area contributed by atoms with Gasteiger partial charge in [0.25, 0.3) is 0 Å². The predicted molar refractivity (Wildman–Crippen MR) is 101 cm³/mol. The minimum Gasteiger partial charge on any atom is -0.508 e. The third-order valence-electron chi connectivity index (χ3n) is 3.55. The lowest BCUT2D eigenvalue weighted by molar-refractivity contribution is -0.137. The SMILES string of the molecule is O=C(O)[C@H](Cc1ccccc1)Nc1ccccc1.Oc1ccc(O)cc1. The number of rotatable bonds is 5. The van der Waals surface area contributed by atoms with Crippen molar-refractivity contribution in [2.24, 2.45) is 0 Å². The van der Waals surface area contributed by atoms with Crippen molar-refractivity contribution < 1.29 is 20.1 Å². The van der Waals surface area contributed by atoms with Gasteiger partial charge in [0.2, 0.25) is 0 Å². The van der Waals surface area contributed by atoms with Crippen molar-refractivity contribution in [2.75, 3.05) is 5.32 Å². The highest BCUT2D eigenvalue weighted by Gasteiger charge is 2.17.